The number of rotatable bonds is 4. The molecule has 0 bridgehead atoms. The lowest BCUT2D eigenvalue weighted by Gasteiger charge is -2.22. The molecule has 7 heteroatoms. The van der Waals surface area contributed by atoms with Crippen molar-refractivity contribution in [2.75, 3.05) is 19.5 Å². The van der Waals surface area contributed by atoms with Crippen LogP contribution in [0.4, 0.5) is 5.82 Å². The Morgan fingerprint density at radius 2 is 2.16 bits per heavy atom. The minimum atomic E-state index is -0.0192. The first kappa shape index (κ1) is 15.7. The van der Waals surface area contributed by atoms with Gasteiger partial charge in [0, 0.05) is 23.3 Å². The molecule has 3 heterocycles. The fourth-order valence-electron chi connectivity index (χ4n) is 3.10. The van der Waals surface area contributed by atoms with Gasteiger partial charge in [0.25, 0.3) is 0 Å². The summed E-state index contributed by atoms with van der Waals surface area (Å²) in [7, 11) is 3.22. The fourth-order valence-corrected chi connectivity index (χ4v) is 3.93. The van der Waals surface area contributed by atoms with Gasteiger partial charge in [-0.1, -0.05) is 6.07 Å². The molecule has 1 amide bonds. The van der Waals surface area contributed by atoms with Crippen molar-refractivity contribution in [1.29, 1.82) is 0 Å². The maximum absolute atomic E-state index is 12.3. The van der Waals surface area contributed by atoms with E-state index in [1.165, 1.54) is 0 Å². The quantitative estimate of drug-likeness (QED) is 0.779. The van der Waals surface area contributed by atoms with Crippen LogP contribution in [0.5, 0.6) is 11.5 Å². The van der Waals surface area contributed by atoms with Crippen LogP contribution in [0.3, 0.4) is 0 Å². The van der Waals surface area contributed by atoms with Gasteiger partial charge in [0.2, 0.25) is 5.91 Å². The van der Waals surface area contributed by atoms with Gasteiger partial charge in [-0.3, -0.25) is 9.36 Å². The zero-order valence-electron chi connectivity index (χ0n) is 13.9. The van der Waals surface area contributed by atoms with E-state index >= 15 is 0 Å². The van der Waals surface area contributed by atoms with Crippen LogP contribution in [0, 0.1) is 0 Å². The molecule has 128 valence electrons. The van der Waals surface area contributed by atoms with Gasteiger partial charge in [0.1, 0.15) is 23.6 Å². The molecule has 1 N–H and O–H groups in total. The number of fused-ring (bicyclic) bond motifs is 1. The molecule has 0 unspecified atom stereocenters. The number of hydrogen-bond acceptors (Lipinski definition) is 5. The Kier molecular flexibility index (Phi) is 3.93. The lowest BCUT2D eigenvalue weighted by Crippen LogP contribution is -2.24. The summed E-state index contributed by atoms with van der Waals surface area (Å²) in [6, 6.07) is 9.59. The Hall–Kier alpha value is -2.80. The highest BCUT2D eigenvalue weighted by Gasteiger charge is 2.32. The molecule has 0 fully saturated rings. The summed E-state index contributed by atoms with van der Waals surface area (Å²) in [5.74, 6) is 2.01. The summed E-state index contributed by atoms with van der Waals surface area (Å²) >= 11 is 1.64. The molecular formula is C18H17N3O3S. The largest absolute Gasteiger partial charge is 0.497 e. The van der Waals surface area contributed by atoms with E-state index in [2.05, 4.69) is 10.3 Å². The summed E-state index contributed by atoms with van der Waals surface area (Å²) in [5, 5.41) is 4.98. The van der Waals surface area contributed by atoms with Crippen molar-refractivity contribution >= 4 is 23.1 Å². The lowest BCUT2D eigenvalue weighted by molar-refractivity contribution is -0.116. The van der Waals surface area contributed by atoms with Gasteiger partial charge in [0.15, 0.2) is 0 Å². The number of thiophene rings is 1. The molecule has 1 atom stereocenters. The van der Waals surface area contributed by atoms with Gasteiger partial charge in [-0.15, -0.1) is 11.3 Å². The molecule has 1 aliphatic rings. The summed E-state index contributed by atoms with van der Waals surface area (Å²) in [4.78, 5) is 18.0. The van der Waals surface area contributed by atoms with Crippen LogP contribution >= 0.6 is 11.3 Å². The SMILES string of the molecule is COc1ccc(-n2cnc3c2NC(=O)C[C@H]3c2cccs2)c(OC)c1. The first-order valence-corrected chi connectivity index (χ1v) is 8.72. The molecule has 2 aromatic heterocycles. The van der Waals surface area contributed by atoms with E-state index in [0.29, 0.717) is 23.7 Å². The maximum Gasteiger partial charge on any atom is 0.226 e. The zero-order valence-corrected chi connectivity index (χ0v) is 14.7. The summed E-state index contributed by atoms with van der Waals surface area (Å²) in [6.07, 6.45) is 2.13. The predicted molar refractivity (Wildman–Crippen MR) is 96.1 cm³/mol. The number of imidazole rings is 1. The monoisotopic (exact) mass is 355 g/mol. The molecule has 4 rings (SSSR count). The number of hydrogen-bond donors (Lipinski definition) is 1. The first-order valence-electron chi connectivity index (χ1n) is 7.84. The van der Waals surface area contributed by atoms with Crippen LogP contribution in [0.1, 0.15) is 22.9 Å². The van der Waals surface area contributed by atoms with Gasteiger partial charge in [-0.05, 0) is 23.6 Å². The zero-order chi connectivity index (χ0) is 17.4. The molecule has 0 spiro atoms. The van der Waals surface area contributed by atoms with Gasteiger partial charge >= 0.3 is 0 Å². The highest BCUT2D eigenvalue weighted by Crippen LogP contribution is 2.40. The van der Waals surface area contributed by atoms with Crippen LogP contribution in [-0.4, -0.2) is 29.7 Å². The van der Waals surface area contributed by atoms with Crippen molar-refractivity contribution in [3.05, 3.63) is 52.6 Å². The number of nitrogens with one attached hydrogen (secondary N) is 1. The van der Waals surface area contributed by atoms with Crippen LogP contribution in [0.25, 0.3) is 5.69 Å². The smallest absolute Gasteiger partial charge is 0.226 e. The van der Waals surface area contributed by atoms with Crippen molar-refractivity contribution in [2.45, 2.75) is 12.3 Å². The Labute approximate surface area is 149 Å². The molecule has 1 aromatic carbocycles. The van der Waals surface area contributed by atoms with Crippen molar-refractivity contribution < 1.29 is 14.3 Å². The Morgan fingerprint density at radius 3 is 2.88 bits per heavy atom. The van der Waals surface area contributed by atoms with Gasteiger partial charge in [-0.25, -0.2) is 4.98 Å². The third-order valence-corrected chi connectivity index (χ3v) is 5.29. The van der Waals surface area contributed by atoms with Crippen LogP contribution < -0.4 is 14.8 Å². The normalized spacial score (nSPS) is 16.2. The number of nitrogens with zero attached hydrogens (tertiary/aromatic N) is 2. The standard InChI is InChI=1S/C18H17N3O3S/c1-23-11-5-6-13(14(8-11)24-2)21-10-19-17-12(15-4-3-7-25-15)9-16(22)20-18(17)21/h3-8,10,12H,9H2,1-2H3,(H,20,22)/t12-/m0/s1. The number of benzene rings is 1. The van der Waals surface area contributed by atoms with Crippen LogP contribution in [0.2, 0.25) is 0 Å². The number of carbonyl (C=O) groups is 1. The van der Waals surface area contributed by atoms with Crippen LogP contribution in [0.15, 0.2) is 42.0 Å². The van der Waals surface area contributed by atoms with Crippen molar-refractivity contribution in [1.82, 2.24) is 9.55 Å². The van der Waals surface area contributed by atoms with E-state index < -0.39 is 0 Å². The van der Waals surface area contributed by atoms with Crippen LogP contribution in [-0.2, 0) is 4.79 Å². The Morgan fingerprint density at radius 1 is 1.28 bits per heavy atom. The highest BCUT2D eigenvalue weighted by atomic mass is 32.1. The summed E-state index contributed by atoms with van der Waals surface area (Å²) in [6.45, 7) is 0. The molecule has 0 saturated heterocycles. The summed E-state index contributed by atoms with van der Waals surface area (Å²) < 4.78 is 12.6. The number of aromatic nitrogens is 2. The Bertz CT molecular complexity index is 918. The average Bonchev–Trinajstić information content (AvgIpc) is 3.30. The van der Waals surface area contributed by atoms with Crippen molar-refractivity contribution in [2.24, 2.45) is 0 Å². The van der Waals surface area contributed by atoms with Crippen molar-refractivity contribution in [3.8, 4) is 17.2 Å². The number of amides is 1. The highest BCUT2D eigenvalue weighted by molar-refractivity contribution is 7.10. The fraction of sp³-hybridized carbons (Fsp3) is 0.222. The average molecular weight is 355 g/mol. The van der Waals surface area contributed by atoms with E-state index in [9.17, 15) is 4.79 Å². The maximum atomic E-state index is 12.3. The lowest BCUT2D eigenvalue weighted by atomic mass is 9.96. The number of ether oxygens (including phenoxy) is 2. The molecule has 25 heavy (non-hydrogen) atoms. The molecule has 6 nitrogen and oxygen atoms in total. The molecule has 0 radical (unpaired) electrons. The van der Waals surface area contributed by atoms with Gasteiger partial charge in [-0.2, -0.15) is 0 Å². The molecule has 1 aliphatic heterocycles. The molecular weight excluding hydrogens is 338 g/mol. The van der Waals surface area contributed by atoms with Gasteiger partial charge < -0.3 is 14.8 Å². The minimum Gasteiger partial charge on any atom is -0.497 e. The summed E-state index contributed by atoms with van der Waals surface area (Å²) in [5.41, 5.74) is 1.67. The minimum absolute atomic E-state index is 0.0138. The number of anilines is 1. The topological polar surface area (TPSA) is 65.4 Å². The third kappa shape index (κ3) is 2.66. The molecule has 0 saturated carbocycles. The number of methoxy groups -OCH3 is 2. The van der Waals surface area contributed by atoms with E-state index in [1.807, 2.05) is 40.3 Å². The predicted octanol–water partition coefficient (Wildman–Crippen LogP) is 3.43. The molecule has 3 aromatic rings. The van der Waals surface area contributed by atoms with E-state index in [4.69, 9.17) is 9.47 Å². The van der Waals surface area contributed by atoms with E-state index in [-0.39, 0.29) is 11.8 Å². The van der Waals surface area contributed by atoms with Crippen molar-refractivity contribution in [3.63, 3.8) is 0 Å². The second-order valence-electron chi connectivity index (χ2n) is 5.71. The van der Waals surface area contributed by atoms with E-state index in [0.717, 1.165) is 16.3 Å². The number of carbonyl (C=O) groups excluding carboxylic acids is 1. The van der Waals surface area contributed by atoms with E-state index in [1.54, 1.807) is 31.9 Å². The van der Waals surface area contributed by atoms with Gasteiger partial charge in [0.05, 0.1) is 25.6 Å². The second-order valence-corrected chi connectivity index (χ2v) is 6.69. The Balaban J connectivity index is 1.83. The second kappa shape index (κ2) is 6.25. The third-order valence-electron chi connectivity index (χ3n) is 4.31. The first-order chi connectivity index (χ1) is 12.2. The molecule has 0 aliphatic carbocycles.